The summed E-state index contributed by atoms with van der Waals surface area (Å²) in [5.41, 5.74) is 3.78. The SMILES string of the molecule is C=CCOc1ccccc1C=NC1C2CCN(CC2)C1C(c1ccccc1)c1ccccc1. The van der Waals surface area contributed by atoms with Gasteiger partial charge in [0.05, 0.1) is 6.04 Å². The molecule has 3 aliphatic heterocycles. The average Bonchev–Trinajstić information content (AvgIpc) is 2.89. The third-order valence-corrected chi connectivity index (χ3v) is 7.15. The first kappa shape index (κ1) is 21.7. The largest absolute Gasteiger partial charge is 0.489 e. The van der Waals surface area contributed by atoms with Gasteiger partial charge in [0.25, 0.3) is 0 Å². The molecule has 0 saturated carbocycles. The smallest absolute Gasteiger partial charge is 0.128 e. The molecule has 2 bridgehead atoms. The van der Waals surface area contributed by atoms with Crippen LogP contribution in [0.2, 0.25) is 0 Å². The van der Waals surface area contributed by atoms with Gasteiger partial charge in [-0.15, -0.1) is 0 Å². The van der Waals surface area contributed by atoms with Gasteiger partial charge in [0.1, 0.15) is 12.4 Å². The number of nitrogens with zero attached hydrogens (tertiary/aromatic N) is 2. The van der Waals surface area contributed by atoms with Crippen molar-refractivity contribution >= 4 is 6.21 Å². The summed E-state index contributed by atoms with van der Waals surface area (Å²) in [4.78, 5) is 7.97. The van der Waals surface area contributed by atoms with Crippen LogP contribution < -0.4 is 4.74 Å². The normalized spacial score (nSPS) is 24.3. The molecule has 0 radical (unpaired) electrons. The van der Waals surface area contributed by atoms with Gasteiger partial charge in [-0.2, -0.15) is 0 Å². The molecule has 0 aromatic heterocycles. The third-order valence-electron chi connectivity index (χ3n) is 7.15. The second kappa shape index (κ2) is 10.2. The molecule has 3 saturated heterocycles. The minimum Gasteiger partial charge on any atom is -0.489 e. The van der Waals surface area contributed by atoms with E-state index in [1.807, 2.05) is 24.4 Å². The van der Waals surface area contributed by atoms with Crippen molar-refractivity contribution in [3.8, 4) is 5.75 Å². The molecule has 3 aromatic carbocycles. The molecule has 6 rings (SSSR count). The molecule has 3 heterocycles. The van der Waals surface area contributed by atoms with E-state index in [1.165, 1.54) is 24.0 Å². The van der Waals surface area contributed by atoms with Crippen LogP contribution in [0, 0.1) is 5.92 Å². The maximum atomic E-state index is 5.88. The number of benzene rings is 3. The van der Waals surface area contributed by atoms with Gasteiger partial charge in [0.15, 0.2) is 0 Å². The van der Waals surface area contributed by atoms with Crippen LogP contribution >= 0.6 is 0 Å². The van der Waals surface area contributed by atoms with Crippen LogP contribution in [0.25, 0.3) is 0 Å². The van der Waals surface area contributed by atoms with Crippen molar-refractivity contribution in [2.45, 2.75) is 30.8 Å². The van der Waals surface area contributed by atoms with Crippen LogP contribution in [0.15, 0.2) is 103 Å². The monoisotopic (exact) mass is 436 g/mol. The number of ether oxygens (including phenoxy) is 1. The zero-order valence-electron chi connectivity index (χ0n) is 19.1. The number of piperidine rings is 3. The number of aliphatic imine (C=N–C) groups is 1. The van der Waals surface area contributed by atoms with Gasteiger partial charge in [-0.1, -0.05) is 85.5 Å². The highest BCUT2D eigenvalue weighted by Gasteiger charge is 2.46. The molecule has 3 heteroatoms. The molecule has 0 amide bonds. The Bertz CT molecular complexity index is 1030. The topological polar surface area (TPSA) is 24.8 Å². The number of rotatable bonds is 8. The summed E-state index contributed by atoms with van der Waals surface area (Å²) < 4.78 is 5.88. The van der Waals surface area contributed by atoms with Crippen LogP contribution in [0.5, 0.6) is 5.75 Å². The van der Waals surface area contributed by atoms with Gasteiger partial charge in [-0.3, -0.25) is 9.89 Å². The van der Waals surface area contributed by atoms with Crippen LogP contribution in [0.4, 0.5) is 0 Å². The van der Waals surface area contributed by atoms with Crippen molar-refractivity contribution in [1.82, 2.24) is 4.90 Å². The van der Waals surface area contributed by atoms with E-state index < -0.39 is 0 Å². The van der Waals surface area contributed by atoms with E-state index in [9.17, 15) is 0 Å². The number of fused-ring (bicyclic) bond motifs is 3. The molecule has 168 valence electrons. The molecule has 0 aliphatic carbocycles. The van der Waals surface area contributed by atoms with E-state index in [1.54, 1.807) is 6.08 Å². The summed E-state index contributed by atoms with van der Waals surface area (Å²) in [7, 11) is 0. The lowest BCUT2D eigenvalue weighted by atomic mass is 9.71. The summed E-state index contributed by atoms with van der Waals surface area (Å²) in [6, 6.07) is 30.7. The fourth-order valence-electron chi connectivity index (χ4n) is 5.61. The molecular weight excluding hydrogens is 404 g/mol. The van der Waals surface area contributed by atoms with Gasteiger partial charge in [-0.25, -0.2) is 0 Å². The van der Waals surface area contributed by atoms with E-state index in [0.29, 0.717) is 24.5 Å². The Labute approximate surface area is 197 Å². The maximum Gasteiger partial charge on any atom is 0.128 e. The summed E-state index contributed by atoms with van der Waals surface area (Å²) in [6.07, 6.45) is 6.28. The van der Waals surface area contributed by atoms with Crippen LogP contribution in [-0.4, -0.2) is 42.9 Å². The fourth-order valence-corrected chi connectivity index (χ4v) is 5.61. The minimum absolute atomic E-state index is 0.255. The zero-order valence-corrected chi connectivity index (χ0v) is 19.1. The second-order valence-electron chi connectivity index (χ2n) is 9.07. The molecule has 2 unspecified atom stereocenters. The van der Waals surface area contributed by atoms with E-state index >= 15 is 0 Å². The molecule has 2 atom stereocenters. The highest BCUT2D eigenvalue weighted by molar-refractivity contribution is 5.83. The Morgan fingerprint density at radius 1 is 0.879 bits per heavy atom. The lowest BCUT2D eigenvalue weighted by Crippen LogP contribution is -2.59. The summed E-state index contributed by atoms with van der Waals surface area (Å²) in [6.45, 7) is 6.60. The Balaban J connectivity index is 1.52. The molecule has 3 nitrogen and oxygen atoms in total. The van der Waals surface area contributed by atoms with Gasteiger partial charge in [0.2, 0.25) is 0 Å². The summed E-state index contributed by atoms with van der Waals surface area (Å²) >= 11 is 0. The molecule has 0 spiro atoms. The van der Waals surface area contributed by atoms with E-state index in [-0.39, 0.29) is 6.04 Å². The third kappa shape index (κ3) is 4.65. The summed E-state index contributed by atoms with van der Waals surface area (Å²) in [5, 5.41) is 0. The van der Waals surface area contributed by atoms with Crippen molar-refractivity contribution < 1.29 is 4.74 Å². The molecule has 0 N–H and O–H groups in total. The first-order chi connectivity index (χ1) is 16.3. The van der Waals surface area contributed by atoms with Crippen LogP contribution in [0.3, 0.4) is 0 Å². The molecule has 3 fully saturated rings. The Morgan fingerprint density at radius 3 is 2.12 bits per heavy atom. The Hall–Kier alpha value is -3.17. The number of hydrogen-bond acceptors (Lipinski definition) is 3. The lowest BCUT2D eigenvalue weighted by Gasteiger charge is -2.52. The zero-order chi connectivity index (χ0) is 22.5. The summed E-state index contributed by atoms with van der Waals surface area (Å²) in [5.74, 6) is 1.78. The highest BCUT2D eigenvalue weighted by Crippen LogP contribution is 2.43. The molecule has 3 aliphatic rings. The molecule has 33 heavy (non-hydrogen) atoms. The maximum absolute atomic E-state index is 5.88. The predicted octanol–water partition coefficient (Wildman–Crippen LogP) is 5.97. The van der Waals surface area contributed by atoms with Crippen LogP contribution in [0.1, 0.15) is 35.4 Å². The van der Waals surface area contributed by atoms with E-state index in [2.05, 4.69) is 78.2 Å². The number of para-hydroxylation sites is 1. The van der Waals surface area contributed by atoms with Gasteiger partial charge < -0.3 is 4.74 Å². The minimum atomic E-state index is 0.255. The first-order valence-corrected chi connectivity index (χ1v) is 12.0. The Morgan fingerprint density at radius 2 is 1.48 bits per heavy atom. The second-order valence-corrected chi connectivity index (χ2v) is 9.07. The first-order valence-electron chi connectivity index (χ1n) is 12.0. The van der Waals surface area contributed by atoms with E-state index in [4.69, 9.17) is 9.73 Å². The van der Waals surface area contributed by atoms with Gasteiger partial charge in [0, 0.05) is 23.7 Å². The lowest BCUT2D eigenvalue weighted by molar-refractivity contribution is 0.0215. The quantitative estimate of drug-likeness (QED) is 0.321. The molecular formula is C30H32N2O. The van der Waals surface area contributed by atoms with Crippen molar-refractivity contribution in [2.75, 3.05) is 19.7 Å². The fraction of sp³-hybridized carbons (Fsp3) is 0.300. The molecule has 3 aromatic rings. The predicted molar refractivity (Wildman–Crippen MR) is 136 cm³/mol. The van der Waals surface area contributed by atoms with Crippen molar-refractivity contribution in [2.24, 2.45) is 10.9 Å². The Kier molecular flexibility index (Phi) is 6.68. The standard InChI is InChI=1S/C30H32N2O/c1-2-21-33-27-16-10-9-15-26(27)22-31-29-25-17-19-32(20-18-25)30(29)28(23-11-5-3-6-12-23)24-13-7-4-8-14-24/h2-16,22,25,28-30H,1,17-21H2. The average molecular weight is 437 g/mol. The number of hydrogen-bond donors (Lipinski definition) is 0. The highest BCUT2D eigenvalue weighted by atomic mass is 16.5. The van der Waals surface area contributed by atoms with Gasteiger partial charge >= 0.3 is 0 Å². The van der Waals surface area contributed by atoms with Crippen molar-refractivity contribution in [1.29, 1.82) is 0 Å². The van der Waals surface area contributed by atoms with Crippen LogP contribution in [-0.2, 0) is 0 Å². The van der Waals surface area contributed by atoms with Crippen molar-refractivity contribution in [3.05, 3.63) is 114 Å². The van der Waals surface area contributed by atoms with E-state index in [0.717, 1.165) is 24.4 Å². The van der Waals surface area contributed by atoms with Gasteiger partial charge in [-0.05, 0) is 55.1 Å². The van der Waals surface area contributed by atoms with Crippen molar-refractivity contribution in [3.63, 3.8) is 0 Å².